The van der Waals surface area contributed by atoms with Gasteiger partial charge in [-0.2, -0.15) is 0 Å². The molecular formula is C29H27NO3. The Morgan fingerprint density at radius 1 is 0.727 bits per heavy atom. The fourth-order valence-corrected chi connectivity index (χ4v) is 6.74. The second kappa shape index (κ2) is 6.80. The first-order valence-electron chi connectivity index (χ1n) is 11.7. The van der Waals surface area contributed by atoms with Gasteiger partial charge in [0, 0.05) is 10.8 Å². The average molecular weight is 438 g/mol. The molecule has 2 bridgehead atoms. The van der Waals surface area contributed by atoms with Gasteiger partial charge >= 0.3 is 0 Å². The van der Waals surface area contributed by atoms with Gasteiger partial charge in [0.05, 0.1) is 24.1 Å². The summed E-state index contributed by atoms with van der Waals surface area (Å²) in [7, 11) is 0. The van der Waals surface area contributed by atoms with Gasteiger partial charge in [0.25, 0.3) is 0 Å². The first kappa shape index (κ1) is 20.2. The first-order chi connectivity index (χ1) is 15.9. The predicted molar refractivity (Wildman–Crippen MR) is 127 cm³/mol. The third kappa shape index (κ3) is 2.36. The lowest BCUT2D eigenvalue weighted by atomic mass is 9.42. The Morgan fingerprint density at radius 3 is 1.55 bits per heavy atom. The lowest BCUT2D eigenvalue weighted by molar-refractivity contribution is -0.124. The van der Waals surface area contributed by atoms with Crippen molar-refractivity contribution in [2.45, 2.75) is 38.0 Å². The minimum atomic E-state index is -0.554. The SMILES string of the molecule is CCCOc1ccc(N2C(=O)[C@H]3[C@H](C2=O)C2(C)c4ccccc4C3(C)c3ccccc32)cc1. The Bertz CT molecular complexity index is 1170. The van der Waals surface area contributed by atoms with Crippen molar-refractivity contribution < 1.29 is 14.3 Å². The topological polar surface area (TPSA) is 46.6 Å². The predicted octanol–water partition coefficient (Wildman–Crippen LogP) is 5.22. The highest BCUT2D eigenvalue weighted by molar-refractivity contribution is 6.24. The van der Waals surface area contributed by atoms with E-state index in [0.717, 1.165) is 12.2 Å². The fourth-order valence-electron chi connectivity index (χ4n) is 6.74. The van der Waals surface area contributed by atoms with Crippen LogP contribution in [0.25, 0.3) is 0 Å². The van der Waals surface area contributed by atoms with Gasteiger partial charge in [-0.15, -0.1) is 0 Å². The van der Waals surface area contributed by atoms with E-state index in [9.17, 15) is 9.59 Å². The van der Waals surface area contributed by atoms with E-state index in [4.69, 9.17) is 4.74 Å². The van der Waals surface area contributed by atoms with E-state index >= 15 is 0 Å². The molecule has 0 saturated carbocycles. The van der Waals surface area contributed by atoms with Gasteiger partial charge in [0.1, 0.15) is 5.75 Å². The van der Waals surface area contributed by atoms with Crippen LogP contribution in [0.5, 0.6) is 5.75 Å². The van der Waals surface area contributed by atoms with E-state index in [1.165, 1.54) is 27.2 Å². The molecule has 1 heterocycles. The van der Waals surface area contributed by atoms with Crippen molar-refractivity contribution in [1.82, 2.24) is 0 Å². The summed E-state index contributed by atoms with van der Waals surface area (Å²) >= 11 is 0. The van der Waals surface area contributed by atoms with E-state index in [-0.39, 0.29) is 11.8 Å². The number of anilines is 1. The number of imide groups is 1. The molecule has 2 atom stereocenters. The highest BCUT2D eigenvalue weighted by atomic mass is 16.5. The number of hydrogen-bond donors (Lipinski definition) is 0. The van der Waals surface area contributed by atoms with E-state index in [1.807, 2.05) is 48.5 Å². The van der Waals surface area contributed by atoms with Crippen molar-refractivity contribution in [3.8, 4) is 5.75 Å². The zero-order valence-corrected chi connectivity index (χ0v) is 19.2. The highest BCUT2D eigenvalue weighted by Crippen LogP contribution is 2.66. The van der Waals surface area contributed by atoms with Crippen LogP contribution in [0.1, 0.15) is 49.4 Å². The molecule has 4 nitrogen and oxygen atoms in total. The largest absolute Gasteiger partial charge is 0.494 e. The Balaban J connectivity index is 1.52. The van der Waals surface area contributed by atoms with Gasteiger partial charge in [0.15, 0.2) is 0 Å². The summed E-state index contributed by atoms with van der Waals surface area (Å²) in [5.41, 5.74) is 4.17. The summed E-state index contributed by atoms with van der Waals surface area (Å²) in [4.78, 5) is 29.5. The summed E-state index contributed by atoms with van der Waals surface area (Å²) in [6.45, 7) is 7.00. The molecule has 1 fully saturated rings. The number of amides is 2. The van der Waals surface area contributed by atoms with Crippen LogP contribution in [0, 0.1) is 11.8 Å². The molecule has 1 aliphatic heterocycles. The van der Waals surface area contributed by atoms with E-state index in [2.05, 4.69) is 45.0 Å². The van der Waals surface area contributed by atoms with Crippen molar-refractivity contribution in [3.63, 3.8) is 0 Å². The van der Waals surface area contributed by atoms with E-state index < -0.39 is 22.7 Å². The molecule has 3 aromatic carbocycles. The molecule has 0 unspecified atom stereocenters. The molecule has 3 aromatic rings. The molecule has 33 heavy (non-hydrogen) atoms. The molecule has 0 radical (unpaired) electrons. The quantitative estimate of drug-likeness (QED) is 0.526. The lowest BCUT2D eigenvalue weighted by Crippen LogP contribution is -2.59. The zero-order chi connectivity index (χ0) is 23.0. The number of benzene rings is 3. The number of nitrogens with zero attached hydrogens (tertiary/aromatic N) is 1. The molecule has 7 rings (SSSR count). The molecule has 1 saturated heterocycles. The van der Waals surface area contributed by atoms with Crippen molar-refractivity contribution in [1.29, 1.82) is 0 Å². The van der Waals surface area contributed by atoms with Gasteiger partial charge in [0.2, 0.25) is 11.8 Å². The highest BCUT2D eigenvalue weighted by Gasteiger charge is 2.70. The maximum absolute atomic E-state index is 14.0. The van der Waals surface area contributed by atoms with Crippen LogP contribution in [0.4, 0.5) is 5.69 Å². The van der Waals surface area contributed by atoms with E-state index in [1.54, 1.807) is 0 Å². The third-order valence-electron chi connectivity index (χ3n) is 8.21. The first-order valence-corrected chi connectivity index (χ1v) is 11.7. The molecular weight excluding hydrogens is 410 g/mol. The number of carbonyl (C=O) groups excluding carboxylic acids is 2. The number of carbonyl (C=O) groups is 2. The molecule has 4 aliphatic rings. The summed E-state index contributed by atoms with van der Waals surface area (Å²) in [5, 5.41) is 0. The summed E-state index contributed by atoms with van der Waals surface area (Å²) in [6.07, 6.45) is 0.923. The van der Waals surface area contributed by atoms with Crippen LogP contribution in [0.15, 0.2) is 72.8 Å². The van der Waals surface area contributed by atoms with Crippen LogP contribution >= 0.6 is 0 Å². The van der Waals surface area contributed by atoms with Crippen molar-refractivity contribution in [2.24, 2.45) is 11.8 Å². The number of hydrogen-bond acceptors (Lipinski definition) is 3. The number of rotatable bonds is 4. The molecule has 3 aliphatic carbocycles. The normalized spacial score (nSPS) is 29.0. The van der Waals surface area contributed by atoms with Crippen molar-refractivity contribution in [2.75, 3.05) is 11.5 Å². The monoisotopic (exact) mass is 437 g/mol. The Labute approximate surface area is 194 Å². The van der Waals surface area contributed by atoms with Gasteiger partial charge in [-0.1, -0.05) is 69.3 Å². The Kier molecular flexibility index (Phi) is 4.17. The molecule has 2 amide bonds. The maximum Gasteiger partial charge on any atom is 0.238 e. The summed E-state index contributed by atoms with van der Waals surface area (Å²) in [6, 6.07) is 24.1. The van der Waals surface area contributed by atoms with Gasteiger partial charge in [-0.3, -0.25) is 9.59 Å². The van der Waals surface area contributed by atoms with Crippen LogP contribution < -0.4 is 9.64 Å². The lowest BCUT2D eigenvalue weighted by Gasteiger charge is -2.57. The molecule has 0 aromatic heterocycles. The standard InChI is InChI=1S/C29H27NO3/c1-4-17-33-19-15-13-18(14-16-19)30-26(31)24-25(27(30)32)29(3)22-11-7-5-9-20(22)28(24,2)21-10-6-8-12-23(21)29/h5-16,24-25H,4,17H2,1-3H3/t24-,25-,28?,29?/m1/s1. The smallest absolute Gasteiger partial charge is 0.238 e. The number of ether oxygens (including phenoxy) is 1. The minimum Gasteiger partial charge on any atom is -0.494 e. The van der Waals surface area contributed by atoms with Crippen LogP contribution in [0.2, 0.25) is 0 Å². The second-order valence-corrected chi connectivity index (χ2v) is 9.81. The van der Waals surface area contributed by atoms with Gasteiger partial charge in [-0.25, -0.2) is 4.90 Å². The van der Waals surface area contributed by atoms with Gasteiger partial charge in [-0.05, 0) is 52.9 Å². The Hall–Kier alpha value is -3.40. The molecule has 0 N–H and O–H groups in total. The zero-order valence-electron chi connectivity index (χ0n) is 19.2. The minimum absolute atomic E-state index is 0.107. The molecule has 166 valence electrons. The summed E-state index contributed by atoms with van der Waals surface area (Å²) < 4.78 is 5.69. The van der Waals surface area contributed by atoms with Crippen molar-refractivity contribution >= 4 is 17.5 Å². The Morgan fingerprint density at radius 2 is 1.15 bits per heavy atom. The average Bonchev–Trinajstić information content (AvgIpc) is 3.12. The maximum atomic E-state index is 14.0. The fraction of sp³-hybridized carbons (Fsp3) is 0.310. The summed E-state index contributed by atoms with van der Waals surface area (Å²) in [5.74, 6) is -0.336. The van der Waals surface area contributed by atoms with Crippen molar-refractivity contribution in [3.05, 3.63) is 95.1 Å². The van der Waals surface area contributed by atoms with Gasteiger partial charge < -0.3 is 4.74 Å². The van der Waals surface area contributed by atoms with Crippen LogP contribution in [-0.2, 0) is 20.4 Å². The van der Waals surface area contributed by atoms with Crippen LogP contribution in [0.3, 0.4) is 0 Å². The van der Waals surface area contributed by atoms with E-state index in [0.29, 0.717) is 12.3 Å². The third-order valence-corrected chi connectivity index (χ3v) is 8.21. The second-order valence-electron chi connectivity index (χ2n) is 9.81. The van der Waals surface area contributed by atoms with Crippen LogP contribution in [-0.4, -0.2) is 18.4 Å². The molecule has 4 heteroatoms. The molecule has 0 spiro atoms.